The molecule has 2 rings (SSSR count). The molecule has 0 spiro atoms. The monoisotopic (exact) mass is 291 g/mol. The van der Waals surface area contributed by atoms with Gasteiger partial charge in [0.1, 0.15) is 5.82 Å². The Bertz CT molecular complexity index is 623. The Morgan fingerprint density at radius 1 is 1.10 bits per heavy atom. The van der Waals surface area contributed by atoms with Crippen LogP contribution < -0.4 is 5.32 Å². The molecule has 0 fully saturated rings. The number of carbonyl (C=O) groups is 1. The Labute approximate surface area is 122 Å². The molecule has 0 bridgehead atoms. The summed E-state index contributed by atoms with van der Waals surface area (Å²) in [6, 6.07) is 13.1. The number of hydrogen-bond donors (Lipinski definition) is 1. The summed E-state index contributed by atoms with van der Waals surface area (Å²) in [7, 11) is 0. The first-order chi connectivity index (χ1) is 9.41. The fourth-order valence-corrected chi connectivity index (χ4v) is 1.96. The maximum atomic E-state index is 13.6. The van der Waals surface area contributed by atoms with E-state index in [-0.39, 0.29) is 11.6 Å². The third kappa shape index (κ3) is 2.99. The van der Waals surface area contributed by atoms with E-state index in [4.69, 9.17) is 11.6 Å². The second-order valence-electron chi connectivity index (χ2n) is 5.07. The molecule has 0 aliphatic carbocycles. The fourth-order valence-electron chi connectivity index (χ4n) is 1.84. The highest BCUT2D eigenvalue weighted by Crippen LogP contribution is 2.27. The minimum absolute atomic E-state index is 0.180. The van der Waals surface area contributed by atoms with Crippen LogP contribution in [0.15, 0.2) is 48.5 Å². The second-order valence-corrected chi connectivity index (χ2v) is 5.50. The van der Waals surface area contributed by atoms with E-state index in [2.05, 4.69) is 5.32 Å². The Morgan fingerprint density at radius 2 is 1.70 bits per heavy atom. The highest BCUT2D eigenvalue weighted by atomic mass is 35.5. The summed E-state index contributed by atoms with van der Waals surface area (Å²) in [5.74, 6) is -0.724. The summed E-state index contributed by atoms with van der Waals surface area (Å²) in [5.41, 5.74) is 0.211. The molecule has 1 N–H and O–H groups in total. The van der Waals surface area contributed by atoms with E-state index >= 15 is 0 Å². The van der Waals surface area contributed by atoms with E-state index in [1.165, 1.54) is 12.1 Å². The molecule has 2 aromatic rings. The van der Waals surface area contributed by atoms with E-state index < -0.39 is 11.2 Å². The van der Waals surface area contributed by atoms with Gasteiger partial charge in [-0.25, -0.2) is 4.39 Å². The van der Waals surface area contributed by atoms with Crippen LogP contribution in [0.1, 0.15) is 19.4 Å². The molecule has 0 aliphatic heterocycles. The van der Waals surface area contributed by atoms with Gasteiger partial charge in [0.15, 0.2) is 0 Å². The molecule has 20 heavy (non-hydrogen) atoms. The van der Waals surface area contributed by atoms with Crippen LogP contribution in [-0.2, 0) is 10.2 Å². The zero-order valence-corrected chi connectivity index (χ0v) is 12.0. The van der Waals surface area contributed by atoms with Crippen LogP contribution in [0.3, 0.4) is 0 Å². The van der Waals surface area contributed by atoms with Crippen molar-refractivity contribution in [1.82, 2.24) is 0 Å². The molecule has 0 aromatic heterocycles. The molecule has 0 saturated carbocycles. The Balaban J connectivity index is 2.23. The summed E-state index contributed by atoms with van der Waals surface area (Å²) in [5, 5.41) is 3.23. The van der Waals surface area contributed by atoms with E-state index in [1.54, 1.807) is 50.2 Å². The predicted molar refractivity (Wildman–Crippen MR) is 79.5 cm³/mol. The highest BCUT2D eigenvalue weighted by molar-refractivity contribution is 6.30. The van der Waals surface area contributed by atoms with Crippen molar-refractivity contribution in [3.05, 3.63) is 64.9 Å². The lowest BCUT2D eigenvalue weighted by atomic mass is 9.83. The van der Waals surface area contributed by atoms with Gasteiger partial charge in [0, 0.05) is 5.02 Å². The standard InChI is InChI=1S/C16H15ClFNO/c1-16(2,11-7-9-12(17)10-8-11)15(20)19-14-6-4-3-5-13(14)18/h3-10H,1-2H3,(H,19,20). The maximum absolute atomic E-state index is 13.6. The molecule has 0 radical (unpaired) electrons. The molecule has 2 aromatic carbocycles. The second kappa shape index (κ2) is 5.63. The first-order valence-electron chi connectivity index (χ1n) is 6.23. The Kier molecular flexibility index (Phi) is 4.09. The minimum atomic E-state index is -0.785. The van der Waals surface area contributed by atoms with Crippen LogP contribution in [0.5, 0.6) is 0 Å². The number of hydrogen-bond acceptors (Lipinski definition) is 1. The van der Waals surface area contributed by atoms with Crippen molar-refractivity contribution in [2.24, 2.45) is 0 Å². The first kappa shape index (κ1) is 14.5. The van der Waals surface area contributed by atoms with Gasteiger partial charge in [-0.15, -0.1) is 0 Å². The maximum Gasteiger partial charge on any atom is 0.234 e. The van der Waals surface area contributed by atoms with Gasteiger partial charge in [-0.3, -0.25) is 4.79 Å². The van der Waals surface area contributed by atoms with Crippen LogP contribution in [0.4, 0.5) is 10.1 Å². The average Bonchev–Trinajstić information content (AvgIpc) is 2.41. The smallest absolute Gasteiger partial charge is 0.234 e. The van der Waals surface area contributed by atoms with Gasteiger partial charge in [-0.1, -0.05) is 35.9 Å². The summed E-state index contributed by atoms with van der Waals surface area (Å²) < 4.78 is 13.6. The van der Waals surface area contributed by atoms with E-state index in [0.29, 0.717) is 5.02 Å². The quantitative estimate of drug-likeness (QED) is 0.892. The number of rotatable bonds is 3. The molecule has 0 unspecified atom stereocenters. The van der Waals surface area contributed by atoms with Crippen molar-refractivity contribution in [2.75, 3.05) is 5.32 Å². The van der Waals surface area contributed by atoms with Crippen molar-refractivity contribution >= 4 is 23.2 Å². The molecule has 0 saturated heterocycles. The number of para-hydroxylation sites is 1. The summed E-state index contributed by atoms with van der Waals surface area (Å²) in [6.07, 6.45) is 0. The van der Waals surface area contributed by atoms with Crippen LogP contribution in [0.2, 0.25) is 5.02 Å². The predicted octanol–water partition coefficient (Wildman–Crippen LogP) is 4.40. The van der Waals surface area contributed by atoms with Crippen molar-refractivity contribution in [1.29, 1.82) is 0 Å². The minimum Gasteiger partial charge on any atom is -0.323 e. The van der Waals surface area contributed by atoms with Gasteiger partial charge < -0.3 is 5.32 Å². The van der Waals surface area contributed by atoms with E-state index in [1.807, 2.05) is 0 Å². The normalized spacial score (nSPS) is 11.2. The molecule has 2 nitrogen and oxygen atoms in total. The largest absolute Gasteiger partial charge is 0.323 e. The molecular formula is C16H15ClFNO. The van der Waals surface area contributed by atoms with Gasteiger partial charge in [0.05, 0.1) is 11.1 Å². The van der Waals surface area contributed by atoms with Crippen LogP contribution in [0.25, 0.3) is 0 Å². The molecule has 0 atom stereocenters. The SMILES string of the molecule is CC(C)(C(=O)Nc1ccccc1F)c1ccc(Cl)cc1. The summed E-state index contributed by atoms with van der Waals surface area (Å²) in [6.45, 7) is 3.57. The molecule has 1 amide bonds. The third-order valence-electron chi connectivity index (χ3n) is 3.26. The van der Waals surface area contributed by atoms with Crippen molar-refractivity contribution in [3.63, 3.8) is 0 Å². The summed E-state index contributed by atoms with van der Waals surface area (Å²) >= 11 is 5.84. The van der Waals surface area contributed by atoms with E-state index in [0.717, 1.165) is 5.56 Å². The lowest BCUT2D eigenvalue weighted by Crippen LogP contribution is -2.34. The number of amides is 1. The highest BCUT2D eigenvalue weighted by Gasteiger charge is 2.30. The number of benzene rings is 2. The zero-order valence-electron chi connectivity index (χ0n) is 11.3. The first-order valence-corrected chi connectivity index (χ1v) is 6.61. The summed E-state index contributed by atoms with van der Waals surface area (Å²) in [4.78, 5) is 12.4. The Morgan fingerprint density at radius 3 is 2.30 bits per heavy atom. The topological polar surface area (TPSA) is 29.1 Å². The van der Waals surface area contributed by atoms with Gasteiger partial charge in [-0.2, -0.15) is 0 Å². The van der Waals surface area contributed by atoms with Crippen LogP contribution >= 0.6 is 11.6 Å². The Hall–Kier alpha value is -1.87. The van der Waals surface area contributed by atoms with Crippen LogP contribution in [-0.4, -0.2) is 5.91 Å². The number of halogens is 2. The van der Waals surface area contributed by atoms with Gasteiger partial charge in [0.2, 0.25) is 5.91 Å². The zero-order chi connectivity index (χ0) is 14.8. The molecular weight excluding hydrogens is 277 g/mol. The lowest BCUT2D eigenvalue weighted by Gasteiger charge is -2.24. The lowest BCUT2D eigenvalue weighted by molar-refractivity contribution is -0.120. The molecule has 0 aliphatic rings. The van der Waals surface area contributed by atoms with E-state index in [9.17, 15) is 9.18 Å². The van der Waals surface area contributed by atoms with Gasteiger partial charge in [-0.05, 0) is 43.7 Å². The third-order valence-corrected chi connectivity index (χ3v) is 3.51. The van der Waals surface area contributed by atoms with Crippen molar-refractivity contribution in [3.8, 4) is 0 Å². The molecule has 4 heteroatoms. The van der Waals surface area contributed by atoms with Crippen LogP contribution in [0, 0.1) is 5.82 Å². The fraction of sp³-hybridized carbons (Fsp3) is 0.188. The van der Waals surface area contributed by atoms with Gasteiger partial charge in [0.25, 0.3) is 0 Å². The van der Waals surface area contributed by atoms with Crippen molar-refractivity contribution in [2.45, 2.75) is 19.3 Å². The molecule has 0 heterocycles. The number of anilines is 1. The van der Waals surface area contributed by atoms with Crippen molar-refractivity contribution < 1.29 is 9.18 Å². The average molecular weight is 292 g/mol. The number of carbonyl (C=O) groups excluding carboxylic acids is 1. The number of nitrogens with one attached hydrogen (secondary N) is 1. The van der Waals surface area contributed by atoms with Gasteiger partial charge >= 0.3 is 0 Å². The molecule has 104 valence electrons.